The number of rotatable bonds is 3. The largest absolute Gasteiger partial charge is 0.426 e. The summed E-state index contributed by atoms with van der Waals surface area (Å²) in [7, 11) is 0. The highest BCUT2D eigenvalue weighted by atomic mass is 16.4. The lowest BCUT2D eigenvalue weighted by molar-refractivity contribution is 0.137. The average Bonchev–Trinajstić information content (AvgIpc) is 2.74. The minimum atomic E-state index is 0.331. The topological polar surface area (TPSA) is 42.2 Å². The molecule has 0 N–H and O–H groups in total. The van der Waals surface area contributed by atoms with E-state index in [0.29, 0.717) is 6.04 Å². The Hall–Kier alpha value is -0.900. The number of likely N-dealkylation sites (tertiary alicyclic amines) is 1. The molecule has 0 aliphatic carbocycles. The monoisotopic (exact) mass is 195 g/mol. The van der Waals surface area contributed by atoms with Crippen molar-refractivity contribution < 1.29 is 4.42 Å². The first-order valence-electron chi connectivity index (χ1n) is 5.42. The molecule has 0 radical (unpaired) electrons. The van der Waals surface area contributed by atoms with E-state index in [2.05, 4.69) is 22.0 Å². The average molecular weight is 195 g/mol. The third kappa shape index (κ3) is 1.95. The maximum Gasteiger partial charge on any atom is 0.233 e. The molecule has 4 nitrogen and oxygen atoms in total. The van der Waals surface area contributed by atoms with Gasteiger partial charge in [-0.1, -0.05) is 13.3 Å². The van der Waals surface area contributed by atoms with E-state index in [1.165, 1.54) is 38.7 Å². The van der Waals surface area contributed by atoms with Crippen LogP contribution in [0, 0.1) is 0 Å². The van der Waals surface area contributed by atoms with E-state index in [4.69, 9.17) is 4.42 Å². The molecule has 1 aliphatic rings. The van der Waals surface area contributed by atoms with Gasteiger partial charge in [0.1, 0.15) is 0 Å². The molecule has 14 heavy (non-hydrogen) atoms. The van der Waals surface area contributed by atoms with Crippen molar-refractivity contribution in [3.63, 3.8) is 0 Å². The van der Waals surface area contributed by atoms with Crippen molar-refractivity contribution in [3.8, 4) is 0 Å². The number of piperidine rings is 1. The SMILES string of the molecule is CCC(c1nnco1)N1CCCCC1. The van der Waals surface area contributed by atoms with E-state index >= 15 is 0 Å². The number of hydrogen-bond donors (Lipinski definition) is 0. The Bertz CT molecular complexity index is 254. The van der Waals surface area contributed by atoms with Crippen molar-refractivity contribution in [2.75, 3.05) is 13.1 Å². The molecule has 0 saturated carbocycles. The Morgan fingerprint density at radius 1 is 1.43 bits per heavy atom. The van der Waals surface area contributed by atoms with Gasteiger partial charge in [-0.25, -0.2) is 0 Å². The summed E-state index contributed by atoms with van der Waals surface area (Å²) in [5.41, 5.74) is 0. The molecule has 1 saturated heterocycles. The number of nitrogens with zero attached hydrogens (tertiary/aromatic N) is 3. The fourth-order valence-electron chi connectivity index (χ4n) is 2.15. The molecular weight excluding hydrogens is 178 g/mol. The van der Waals surface area contributed by atoms with E-state index in [0.717, 1.165) is 12.3 Å². The van der Waals surface area contributed by atoms with E-state index in [9.17, 15) is 0 Å². The summed E-state index contributed by atoms with van der Waals surface area (Å²) in [5, 5.41) is 7.75. The summed E-state index contributed by atoms with van der Waals surface area (Å²) in [5.74, 6) is 0.773. The van der Waals surface area contributed by atoms with Crippen LogP contribution in [0.25, 0.3) is 0 Å². The predicted octanol–water partition coefficient (Wildman–Crippen LogP) is 2.01. The maximum absolute atomic E-state index is 5.28. The first kappa shape index (κ1) is 9.65. The van der Waals surface area contributed by atoms with Crippen LogP contribution in [0.1, 0.15) is 44.5 Å². The van der Waals surface area contributed by atoms with Gasteiger partial charge in [0.05, 0.1) is 6.04 Å². The van der Waals surface area contributed by atoms with Crippen LogP contribution >= 0.6 is 0 Å². The van der Waals surface area contributed by atoms with Crippen LogP contribution in [-0.4, -0.2) is 28.2 Å². The van der Waals surface area contributed by atoms with Crippen LogP contribution in [0.5, 0.6) is 0 Å². The van der Waals surface area contributed by atoms with Gasteiger partial charge in [-0.2, -0.15) is 0 Å². The second-order valence-corrected chi connectivity index (χ2v) is 3.80. The summed E-state index contributed by atoms with van der Waals surface area (Å²) in [6, 6.07) is 0.331. The molecule has 4 heteroatoms. The summed E-state index contributed by atoms with van der Waals surface area (Å²) in [6.45, 7) is 4.51. The summed E-state index contributed by atoms with van der Waals surface area (Å²) in [4.78, 5) is 2.46. The molecule has 0 aromatic carbocycles. The molecule has 1 fully saturated rings. The third-order valence-electron chi connectivity index (χ3n) is 2.88. The molecule has 78 valence electrons. The zero-order chi connectivity index (χ0) is 9.80. The zero-order valence-corrected chi connectivity index (χ0v) is 8.65. The van der Waals surface area contributed by atoms with Crippen LogP contribution in [0.2, 0.25) is 0 Å². The molecule has 0 bridgehead atoms. The number of hydrogen-bond acceptors (Lipinski definition) is 4. The van der Waals surface area contributed by atoms with E-state index in [-0.39, 0.29) is 0 Å². The lowest BCUT2D eigenvalue weighted by Crippen LogP contribution is -2.33. The molecule has 1 aliphatic heterocycles. The Balaban J connectivity index is 2.04. The highest BCUT2D eigenvalue weighted by Crippen LogP contribution is 2.25. The van der Waals surface area contributed by atoms with Gasteiger partial charge >= 0.3 is 0 Å². The lowest BCUT2D eigenvalue weighted by Gasteiger charge is -2.31. The second kappa shape index (κ2) is 4.55. The van der Waals surface area contributed by atoms with Gasteiger partial charge in [-0.3, -0.25) is 4.90 Å². The third-order valence-corrected chi connectivity index (χ3v) is 2.88. The van der Waals surface area contributed by atoms with E-state index in [1.54, 1.807) is 0 Å². The standard InChI is InChI=1S/C10H17N3O/c1-2-9(10-12-11-8-14-10)13-6-4-3-5-7-13/h8-9H,2-7H2,1H3. The minimum Gasteiger partial charge on any atom is -0.426 e. The van der Waals surface area contributed by atoms with Crippen LogP contribution in [-0.2, 0) is 0 Å². The maximum atomic E-state index is 5.28. The predicted molar refractivity (Wildman–Crippen MR) is 52.8 cm³/mol. The van der Waals surface area contributed by atoms with Crippen molar-refractivity contribution in [3.05, 3.63) is 12.3 Å². The lowest BCUT2D eigenvalue weighted by atomic mass is 10.1. The van der Waals surface area contributed by atoms with Gasteiger partial charge in [-0.05, 0) is 32.4 Å². The molecule has 2 rings (SSSR count). The van der Waals surface area contributed by atoms with Gasteiger partial charge in [0.15, 0.2) is 0 Å². The molecule has 0 spiro atoms. The Labute approximate surface area is 84.3 Å². The van der Waals surface area contributed by atoms with Crippen LogP contribution in [0.4, 0.5) is 0 Å². The normalized spacial score (nSPS) is 20.9. The van der Waals surface area contributed by atoms with Crippen molar-refractivity contribution in [2.24, 2.45) is 0 Å². The molecule has 0 amide bonds. The minimum absolute atomic E-state index is 0.331. The van der Waals surface area contributed by atoms with Crippen molar-refractivity contribution in [2.45, 2.75) is 38.6 Å². The first-order chi connectivity index (χ1) is 6.92. The van der Waals surface area contributed by atoms with Gasteiger partial charge in [0, 0.05) is 0 Å². The zero-order valence-electron chi connectivity index (χ0n) is 8.65. The smallest absolute Gasteiger partial charge is 0.233 e. The Morgan fingerprint density at radius 3 is 2.79 bits per heavy atom. The Morgan fingerprint density at radius 2 is 2.21 bits per heavy atom. The number of aromatic nitrogens is 2. The fraction of sp³-hybridized carbons (Fsp3) is 0.800. The molecule has 1 aromatic rings. The van der Waals surface area contributed by atoms with Crippen molar-refractivity contribution >= 4 is 0 Å². The van der Waals surface area contributed by atoms with Gasteiger partial charge in [0.2, 0.25) is 12.3 Å². The fourth-order valence-corrected chi connectivity index (χ4v) is 2.15. The van der Waals surface area contributed by atoms with E-state index in [1.807, 2.05) is 0 Å². The quantitative estimate of drug-likeness (QED) is 0.739. The van der Waals surface area contributed by atoms with Gasteiger partial charge < -0.3 is 4.42 Å². The summed E-state index contributed by atoms with van der Waals surface area (Å²) in [6.07, 6.45) is 6.41. The van der Waals surface area contributed by atoms with Crippen molar-refractivity contribution in [1.82, 2.24) is 15.1 Å². The molecule has 1 atom stereocenters. The van der Waals surface area contributed by atoms with Crippen LogP contribution < -0.4 is 0 Å². The summed E-state index contributed by atoms with van der Waals surface area (Å²) < 4.78 is 5.28. The molecule has 1 aromatic heterocycles. The van der Waals surface area contributed by atoms with Crippen molar-refractivity contribution in [1.29, 1.82) is 0 Å². The highest BCUT2D eigenvalue weighted by Gasteiger charge is 2.24. The van der Waals surface area contributed by atoms with Gasteiger partial charge in [0.25, 0.3) is 0 Å². The first-order valence-corrected chi connectivity index (χ1v) is 5.42. The van der Waals surface area contributed by atoms with Gasteiger partial charge in [-0.15, -0.1) is 10.2 Å². The summed E-state index contributed by atoms with van der Waals surface area (Å²) >= 11 is 0. The molecule has 1 unspecified atom stereocenters. The van der Waals surface area contributed by atoms with Crippen LogP contribution in [0.15, 0.2) is 10.8 Å². The highest BCUT2D eigenvalue weighted by molar-refractivity contribution is 4.88. The van der Waals surface area contributed by atoms with Crippen LogP contribution in [0.3, 0.4) is 0 Å². The molecule has 2 heterocycles. The van der Waals surface area contributed by atoms with E-state index < -0.39 is 0 Å². The second-order valence-electron chi connectivity index (χ2n) is 3.80. The molecular formula is C10H17N3O. The Kier molecular flexibility index (Phi) is 3.14.